The number of hydrogen-bond donors (Lipinski definition) is 0. The number of hydrogen-bond acceptors (Lipinski definition) is 5. The number of aromatic nitrogens is 2. The highest BCUT2D eigenvalue weighted by molar-refractivity contribution is 5.94. The molecule has 0 N–H and O–H groups in total. The first-order chi connectivity index (χ1) is 17.8. The minimum atomic E-state index is -0.0199. The number of carbonyl (C=O) groups excluding carboxylic acids is 2. The Bertz CT molecular complexity index is 1140. The Kier molecular flexibility index (Phi) is 7.56. The highest BCUT2D eigenvalue weighted by atomic mass is 16.5. The molecule has 8 heteroatoms. The second kappa shape index (κ2) is 10.9. The molecule has 0 spiro atoms. The van der Waals surface area contributed by atoms with Crippen LogP contribution in [-0.2, 0) is 28.9 Å². The largest absolute Gasteiger partial charge is 0.372 e. The molecule has 2 aromatic rings. The van der Waals surface area contributed by atoms with Crippen molar-refractivity contribution in [2.45, 2.75) is 78.6 Å². The fourth-order valence-electron chi connectivity index (χ4n) is 6.15. The van der Waals surface area contributed by atoms with Gasteiger partial charge in [-0.15, -0.1) is 0 Å². The van der Waals surface area contributed by atoms with Gasteiger partial charge in [-0.05, 0) is 70.6 Å². The van der Waals surface area contributed by atoms with Crippen LogP contribution in [0, 0.1) is 13.8 Å². The molecule has 2 aliphatic heterocycles. The van der Waals surface area contributed by atoms with E-state index in [1.165, 1.54) is 16.8 Å². The topological polar surface area (TPSA) is 70.9 Å². The predicted octanol–water partition coefficient (Wildman–Crippen LogP) is 3.37. The number of nitrogens with zero attached hydrogens (tertiary/aromatic N) is 5. The Morgan fingerprint density at radius 2 is 1.65 bits per heavy atom. The van der Waals surface area contributed by atoms with Gasteiger partial charge >= 0.3 is 0 Å². The van der Waals surface area contributed by atoms with E-state index in [-0.39, 0.29) is 30.6 Å². The van der Waals surface area contributed by atoms with Crippen molar-refractivity contribution in [3.63, 3.8) is 0 Å². The number of morpholine rings is 1. The van der Waals surface area contributed by atoms with Gasteiger partial charge in [-0.2, -0.15) is 5.10 Å². The van der Waals surface area contributed by atoms with Crippen LogP contribution < -0.4 is 4.90 Å². The van der Waals surface area contributed by atoms with Crippen molar-refractivity contribution in [1.29, 1.82) is 0 Å². The molecule has 8 nitrogen and oxygen atoms in total. The Morgan fingerprint density at radius 3 is 2.38 bits per heavy atom. The predicted molar refractivity (Wildman–Crippen MR) is 144 cm³/mol. The van der Waals surface area contributed by atoms with E-state index in [2.05, 4.69) is 36.9 Å². The van der Waals surface area contributed by atoms with Crippen molar-refractivity contribution in [1.82, 2.24) is 19.6 Å². The number of piperazine rings is 1. The maximum absolute atomic E-state index is 13.6. The summed E-state index contributed by atoms with van der Waals surface area (Å²) in [4.78, 5) is 33.2. The van der Waals surface area contributed by atoms with Gasteiger partial charge in [-0.3, -0.25) is 14.3 Å². The molecule has 200 valence electrons. The molecule has 3 aliphatic rings. The number of ether oxygens (including phenoxy) is 1. The zero-order valence-corrected chi connectivity index (χ0v) is 22.8. The van der Waals surface area contributed by atoms with E-state index >= 15 is 0 Å². The first-order valence-corrected chi connectivity index (χ1v) is 13.9. The molecule has 0 bridgehead atoms. The Balaban J connectivity index is 1.30. The van der Waals surface area contributed by atoms with Gasteiger partial charge in [-0.25, -0.2) is 0 Å². The van der Waals surface area contributed by atoms with Crippen molar-refractivity contribution in [3.05, 3.63) is 46.3 Å². The van der Waals surface area contributed by atoms with Crippen LogP contribution in [0.1, 0.15) is 66.0 Å². The number of fused-ring (bicyclic) bond motifs is 1. The number of aryl methyl sites for hydroxylation is 1. The van der Waals surface area contributed by atoms with Gasteiger partial charge in [0.15, 0.2) is 5.69 Å². The summed E-state index contributed by atoms with van der Waals surface area (Å²) in [6.45, 7) is 12.7. The smallest absolute Gasteiger partial charge is 0.274 e. The van der Waals surface area contributed by atoms with E-state index in [1.807, 2.05) is 28.3 Å². The fourth-order valence-corrected chi connectivity index (χ4v) is 6.15. The molecule has 1 aromatic heterocycles. The number of carbonyl (C=O) groups is 2. The lowest BCUT2D eigenvalue weighted by Gasteiger charge is -2.37. The molecule has 2 saturated heterocycles. The highest BCUT2D eigenvalue weighted by Gasteiger charge is 2.32. The van der Waals surface area contributed by atoms with Gasteiger partial charge in [0.25, 0.3) is 5.91 Å². The molecule has 37 heavy (non-hydrogen) atoms. The summed E-state index contributed by atoms with van der Waals surface area (Å²) in [5.41, 5.74) is 6.55. The van der Waals surface area contributed by atoms with Crippen molar-refractivity contribution in [2.24, 2.45) is 0 Å². The average Bonchev–Trinajstić information content (AvgIpc) is 3.04. The van der Waals surface area contributed by atoms with Crippen LogP contribution in [0.2, 0.25) is 0 Å². The SMILES string of the molecule is Cc1cccc(N2CCN(C(=O)Cn3nc(C(=O)N4C[C@@H](C)O[C@@H](C)C4)c4c3CCCCC4)CC2)c1C. The van der Waals surface area contributed by atoms with E-state index in [9.17, 15) is 9.59 Å². The van der Waals surface area contributed by atoms with Gasteiger partial charge < -0.3 is 19.4 Å². The monoisotopic (exact) mass is 507 g/mol. The molecule has 2 amide bonds. The lowest BCUT2D eigenvalue weighted by atomic mass is 10.1. The van der Waals surface area contributed by atoms with Crippen LogP contribution in [0.25, 0.3) is 0 Å². The molecule has 1 aliphatic carbocycles. The van der Waals surface area contributed by atoms with Gasteiger partial charge in [0.1, 0.15) is 6.54 Å². The van der Waals surface area contributed by atoms with Gasteiger partial charge in [0.05, 0.1) is 12.2 Å². The third-order valence-electron chi connectivity index (χ3n) is 8.25. The van der Waals surface area contributed by atoms with E-state index in [4.69, 9.17) is 9.84 Å². The zero-order chi connectivity index (χ0) is 26.1. The van der Waals surface area contributed by atoms with Crippen LogP contribution in [0.5, 0.6) is 0 Å². The number of amides is 2. The van der Waals surface area contributed by atoms with E-state index < -0.39 is 0 Å². The van der Waals surface area contributed by atoms with Crippen LogP contribution in [0.15, 0.2) is 18.2 Å². The van der Waals surface area contributed by atoms with Crippen LogP contribution in [-0.4, -0.2) is 82.9 Å². The molecular weight excluding hydrogens is 466 g/mol. The summed E-state index contributed by atoms with van der Waals surface area (Å²) in [5, 5.41) is 4.80. The molecule has 1 aromatic carbocycles. The lowest BCUT2D eigenvalue weighted by molar-refractivity contribution is -0.132. The molecule has 3 heterocycles. The maximum Gasteiger partial charge on any atom is 0.274 e. The van der Waals surface area contributed by atoms with Crippen molar-refractivity contribution < 1.29 is 14.3 Å². The second-order valence-corrected chi connectivity index (χ2v) is 11.0. The fraction of sp³-hybridized carbons (Fsp3) is 0.621. The van der Waals surface area contributed by atoms with E-state index in [0.29, 0.717) is 31.9 Å². The zero-order valence-electron chi connectivity index (χ0n) is 22.8. The van der Waals surface area contributed by atoms with Crippen LogP contribution in [0.4, 0.5) is 5.69 Å². The van der Waals surface area contributed by atoms with E-state index in [0.717, 1.165) is 56.5 Å². The molecule has 2 atom stereocenters. The average molecular weight is 508 g/mol. The number of benzene rings is 1. The highest BCUT2D eigenvalue weighted by Crippen LogP contribution is 2.27. The van der Waals surface area contributed by atoms with Gasteiger partial charge in [-0.1, -0.05) is 18.6 Å². The van der Waals surface area contributed by atoms with Gasteiger partial charge in [0, 0.05) is 56.2 Å². The lowest BCUT2D eigenvalue weighted by Crippen LogP contribution is -2.50. The molecule has 0 radical (unpaired) electrons. The number of anilines is 1. The van der Waals surface area contributed by atoms with Crippen LogP contribution in [0.3, 0.4) is 0 Å². The standard InChI is InChI=1S/C29H41N5O3/c1-20-9-8-12-25(23(20)4)31-13-15-32(16-14-31)27(35)19-34-26-11-7-5-6-10-24(26)28(30-34)29(36)33-17-21(2)37-22(3)18-33/h8-9,12,21-22H,5-7,10-11,13-19H2,1-4H3/t21-,22+. The minimum Gasteiger partial charge on any atom is -0.372 e. The van der Waals surface area contributed by atoms with Crippen LogP contribution >= 0.6 is 0 Å². The summed E-state index contributed by atoms with van der Waals surface area (Å²) in [7, 11) is 0. The Hall–Kier alpha value is -2.87. The molecule has 2 fully saturated rings. The number of rotatable bonds is 4. The molecule has 0 unspecified atom stereocenters. The summed E-state index contributed by atoms with van der Waals surface area (Å²) in [5.74, 6) is 0.0660. The normalized spacial score (nSPS) is 22.5. The van der Waals surface area contributed by atoms with E-state index in [1.54, 1.807) is 0 Å². The van der Waals surface area contributed by atoms with Crippen molar-refractivity contribution >= 4 is 17.5 Å². The molecular formula is C29H41N5O3. The first kappa shape index (κ1) is 25.8. The second-order valence-electron chi connectivity index (χ2n) is 11.0. The maximum atomic E-state index is 13.6. The van der Waals surface area contributed by atoms with Gasteiger partial charge in [0.2, 0.25) is 5.91 Å². The summed E-state index contributed by atoms with van der Waals surface area (Å²) in [6.07, 6.45) is 5.02. The molecule has 5 rings (SSSR count). The third kappa shape index (κ3) is 5.40. The third-order valence-corrected chi connectivity index (χ3v) is 8.25. The Morgan fingerprint density at radius 1 is 0.946 bits per heavy atom. The molecule has 0 saturated carbocycles. The minimum absolute atomic E-state index is 0.0113. The Labute approximate surface area is 220 Å². The summed E-state index contributed by atoms with van der Waals surface area (Å²) in [6, 6.07) is 6.42. The van der Waals surface area contributed by atoms with Crippen molar-refractivity contribution in [2.75, 3.05) is 44.2 Å². The van der Waals surface area contributed by atoms with Crippen molar-refractivity contribution in [3.8, 4) is 0 Å². The summed E-state index contributed by atoms with van der Waals surface area (Å²) >= 11 is 0. The quantitative estimate of drug-likeness (QED) is 0.594. The first-order valence-electron chi connectivity index (χ1n) is 13.9. The summed E-state index contributed by atoms with van der Waals surface area (Å²) < 4.78 is 7.68.